The molecule has 1 aliphatic heterocycles. The molecule has 1 fully saturated rings. The van der Waals surface area contributed by atoms with Crippen molar-refractivity contribution in [2.45, 2.75) is 39.7 Å². The monoisotopic (exact) mass is 304 g/mol. The Morgan fingerprint density at radius 3 is 2.36 bits per heavy atom. The fourth-order valence-electron chi connectivity index (χ4n) is 2.85. The van der Waals surface area contributed by atoms with E-state index in [0.29, 0.717) is 5.92 Å². The average Bonchev–Trinajstić information content (AvgIpc) is 2.54. The van der Waals surface area contributed by atoms with Crippen LogP contribution in [0.25, 0.3) is 0 Å². The first kappa shape index (κ1) is 16.8. The van der Waals surface area contributed by atoms with Gasteiger partial charge in [0.15, 0.2) is 6.10 Å². The Balaban J connectivity index is 1.97. The van der Waals surface area contributed by atoms with Gasteiger partial charge in [0.25, 0.3) is 5.91 Å². The van der Waals surface area contributed by atoms with Crippen molar-refractivity contribution in [3.63, 3.8) is 0 Å². The molecule has 1 aromatic carbocycles. The zero-order chi connectivity index (χ0) is 16.1. The molecule has 122 valence electrons. The zero-order valence-electron chi connectivity index (χ0n) is 14.2. The van der Waals surface area contributed by atoms with E-state index >= 15 is 0 Å². The first-order valence-corrected chi connectivity index (χ1v) is 8.29. The molecule has 2 rings (SSSR count). The predicted molar refractivity (Wildman–Crippen MR) is 89.3 cm³/mol. The van der Waals surface area contributed by atoms with Gasteiger partial charge in [0.1, 0.15) is 5.75 Å². The number of rotatable bonds is 5. The predicted octanol–water partition coefficient (Wildman–Crippen LogP) is 2.74. The molecule has 22 heavy (non-hydrogen) atoms. The standard InChI is InChI=1S/C18H28N2O2/c1-5-19-10-12-20(13-11-19)18(21)15(4)22-17-9-7-6-8-16(17)14(2)3/h6-9,14-15H,5,10-13H2,1-4H3/t15-/m1/s1. The summed E-state index contributed by atoms with van der Waals surface area (Å²) in [6, 6.07) is 7.99. The molecule has 1 aromatic rings. The summed E-state index contributed by atoms with van der Waals surface area (Å²) in [5.41, 5.74) is 1.15. The highest BCUT2D eigenvalue weighted by Crippen LogP contribution is 2.27. The molecule has 1 heterocycles. The van der Waals surface area contributed by atoms with Crippen LogP contribution >= 0.6 is 0 Å². The van der Waals surface area contributed by atoms with Gasteiger partial charge in [-0.3, -0.25) is 4.79 Å². The maximum atomic E-state index is 12.6. The molecule has 0 bridgehead atoms. The summed E-state index contributed by atoms with van der Waals surface area (Å²) in [6.07, 6.45) is -0.437. The number of para-hydroxylation sites is 1. The minimum atomic E-state index is -0.437. The summed E-state index contributed by atoms with van der Waals surface area (Å²) < 4.78 is 5.97. The van der Waals surface area contributed by atoms with Crippen LogP contribution in [0.3, 0.4) is 0 Å². The lowest BCUT2D eigenvalue weighted by Gasteiger charge is -2.35. The van der Waals surface area contributed by atoms with Gasteiger partial charge in [0, 0.05) is 26.2 Å². The van der Waals surface area contributed by atoms with Gasteiger partial charge in [-0.25, -0.2) is 0 Å². The van der Waals surface area contributed by atoms with Crippen molar-refractivity contribution in [1.82, 2.24) is 9.80 Å². The van der Waals surface area contributed by atoms with Crippen LogP contribution in [0.4, 0.5) is 0 Å². The molecule has 0 aromatic heterocycles. The van der Waals surface area contributed by atoms with Crippen LogP contribution in [0, 0.1) is 0 Å². The van der Waals surface area contributed by atoms with Crippen LogP contribution in [-0.2, 0) is 4.79 Å². The number of carbonyl (C=O) groups is 1. The molecule has 0 aliphatic carbocycles. The third kappa shape index (κ3) is 4.01. The lowest BCUT2D eigenvalue weighted by atomic mass is 10.0. The number of amides is 1. The zero-order valence-corrected chi connectivity index (χ0v) is 14.2. The summed E-state index contributed by atoms with van der Waals surface area (Å²) in [6.45, 7) is 12.8. The third-order valence-electron chi connectivity index (χ3n) is 4.32. The summed E-state index contributed by atoms with van der Waals surface area (Å²) in [7, 11) is 0. The second-order valence-corrected chi connectivity index (χ2v) is 6.21. The second-order valence-electron chi connectivity index (χ2n) is 6.21. The van der Waals surface area contributed by atoms with E-state index in [1.54, 1.807) is 0 Å². The highest BCUT2D eigenvalue weighted by molar-refractivity contribution is 5.81. The largest absolute Gasteiger partial charge is 0.481 e. The Morgan fingerprint density at radius 2 is 1.77 bits per heavy atom. The van der Waals surface area contributed by atoms with E-state index in [2.05, 4.69) is 31.7 Å². The molecule has 1 saturated heterocycles. The molecular formula is C18H28N2O2. The molecule has 1 aliphatic rings. The highest BCUT2D eigenvalue weighted by Gasteiger charge is 2.26. The molecule has 0 N–H and O–H groups in total. The van der Waals surface area contributed by atoms with E-state index in [-0.39, 0.29) is 5.91 Å². The maximum absolute atomic E-state index is 12.6. The van der Waals surface area contributed by atoms with Crippen molar-refractivity contribution in [3.8, 4) is 5.75 Å². The molecule has 4 heteroatoms. The maximum Gasteiger partial charge on any atom is 0.263 e. The number of benzene rings is 1. The van der Waals surface area contributed by atoms with Crippen LogP contribution in [-0.4, -0.2) is 54.5 Å². The summed E-state index contributed by atoms with van der Waals surface area (Å²) in [5.74, 6) is 1.30. The van der Waals surface area contributed by atoms with Gasteiger partial charge in [-0.1, -0.05) is 39.0 Å². The van der Waals surface area contributed by atoms with E-state index < -0.39 is 6.10 Å². The van der Waals surface area contributed by atoms with Crippen molar-refractivity contribution in [2.24, 2.45) is 0 Å². The molecule has 0 saturated carbocycles. The van der Waals surface area contributed by atoms with Crippen LogP contribution in [0.2, 0.25) is 0 Å². The van der Waals surface area contributed by atoms with Gasteiger partial charge in [-0.2, -0.15) is 0 Å². The van der Waals surface area contributed by atoms with Crippen LogP contribution in [0.5, 0.6) is 5.75 Å². The minimum Gasteiger partial charge on any atom is -0.481 e. The van der Waals surface area contributed by atoms with Crippen LogP contribution in [0.15, 0.2) is 24.3 Å². The fraction of sp³-hybridized carbons (Fsp3) is 0.611. The number of nitrogens with zero attached hydrogens (tertiary/aromatic N) is 2. The number of carbonyl (C=O) groups excluding carboxylic acids is 1. The van der Waals surface area contributed by atoms with E-state index in [9.17, 15) is 4.79 Å². The number of ether oxygens (including phenoxy) is 1. The summed E-state index contributed by atoms with van der Waals surface area (Å²) in [4.78, 5) is 16.9. The molecule has 4 nitrogen and oxygen atoms in total. The van der Waals surface area contributed by atoms with Crippen molar-refractivity contribution in [3.05, 3.63) is 29.8 Å². The van der Waals surface area contributed by atoms with E-state index in [1.165, 1.54) is 0 Å². The van der Waals surface area contributed by atoms with E-state index in [0.717, 1.165) is 44.0 Å². The smallest absolute Gasteiger partial charge is 0.263 e. The summed E-state index contributed by atoms with van der Waals surface area (Å²) in [5, 5.41) is 0. The molecular weight excluding hydrogens is 276 g/mol. The number of likely N-dealkylation sites (N-methyl/N-ethyl adjacent to an activating group) is 1. The molecule has 0 radical (unpaired) electrons. The van der Waals surface area contributed by atoms with E-state index in [1.807, 2.05) is 30.0 Å². The molecule has 0 spiro atoms. The van der Waals surface area contributed by atoms with Gasteiger partial charge in [-0.15, -0.1) is 0 Å². The fourth-order valence-corrected chi connectivity index (χ4v) is 2.85. The first-order chi connectivity index (χ1) is 10.5. The third-order valence-corrected chi connectivity index (χ3v) is 4.32. The van der Waals surface area contributed by atoms with Gasteiger partial charge in [0.2, 0.25) is 0 Å². The lowest BCUT2D eigenvalue weighted by Crippen LogP contribution is -2.51. The Morgan fingerprint density at radius 1 is 1.14 bits per heavy atom. The van der Waals surface area contributed by atoms with Gasteiger partial charge in [-0.05, 0) is 31.0 Å². The average molecular weight is 304 g/mol. The number of hydrogen-bond donors (Lipinski definition) is 0. The molecule has 1 atom stereocenters. The highest BCUT2D eigenvalue weighted by atomic mass is 16.5. The van der Waals surface area contributed by atoms with Gasteiger partial charge in [0.05, 0.1) is 0 Å². The Bertz CT molecular complexity index is 494. The normalized spacial score (nSPS) is 17.6. The summed E-state index contributed by atoms with van der Waals surface area (Å²) >= 11 is 0. The molecule has 0 unspecified atom stereocenters. The van der Waals surface area contributed by atoms with E-state index in [4.69, 9.17) is 4.74 Å². The van der Waals surface area contributed by atoms with Crippen LogP contribution in [0.1, 0.15) is 39.2 Å². The Hall–Kier alpha value is -1.55. The lowest BCUT2D eigenvalue weighted by molar-refractivity contribution is -0.139. The second kappa shape index (κ2) is 7.63. The SMILES string of the molecule is CCN1CCN(C(=O)[C@@H](C)Oc2ccccc2C(C)C)CC1. The number of piperazine rings is 1. The molecule has 1 amide bonds. The van der Waals surface area contributed by atoms with Crippen molar-refractivity contribution in [2.75, 3.05) is 32.7 Å². The Labute approximate surface area is 134 Å². The van der Waals surface area contributed by atoms with Gasteiger partial charge >= 0.3 is 0 Å². The topological polar surface area (TPSA) is 32.8 Å². The number of hydrogen-bond acceptors (Lipinski definition) is 3. The first-order valence-electron chi connectivity index (χ1n) is 8.29. The van der Waals surface area contributed by atoms with Crippen molar-refractivity contribution < 1.29 is 9.53 Å². The van der Waals surface area contributed by atoms with Crippen molar-refractivity contribution in [1.29, 1.82) is 0 Å². The van der Waals surface area contributed by atoms with Crippen LogP contribution < -0.4 is 4.74 Å². The Kier molecular flexibility index (Phi) is 5.83. The quantitative estimate of drug-likeness (QED) is 0.838. The van der Waals surface area contributed by atoms with Crippen molar-refractivity contribution >= 4 is 5.91 Å². The minimum absolute atomic E-state index is 0.0920. The van der Waals surface area contributed by atoms with Gasteiger partial charge < -0.3 is 14.5 Å².